The highest BCUT2D eigenvalue weighted by atomic mass is 32.2. The highest BCUT2D eigenvalue weighted by Crippen LogP contribution is 2.32. The molecule has 0 saturated carbocycles. The SMILES string of the molecule is O=C(O)CN1C(=O)/C(=C/c2cccc(OCc3ccc(F)cc3)c2)SC1=S. The Balaban J connectivity index is 1.71. The second-order valence-electron chi connectivity index (χ2n) is 5.65. The van der Waals surface area contributed by atoms with Crippen molar-refractivity contribution in [3.8, 4) is 5.75 Å². The molecule has 1 aliphatic heterocycles. The van der Waals surface area contributed by atoms with Crippen molar-refractivity contribution < 1.29 is 23.8 Å². The zero-order valence-corrected chi connectivity index (χ0v) is 15.6. The van der Waals surface area contributed by atoms with Crippen molar-refractivity contribution in [2.24, 2.45) is 0 Å². The topological polar surface area (TPSA) is 66.8 Å². The van der Waals surface area contributed by atoms with Crippen molar-refractivity contribution in [2.45, 2.75) is 6.61 Å². The van der Waals surface area contributed by atoms with Crippen LogP contribution < -0.4 is 4.74 Å². The number of ether oxygens (including phenoxy) is 1. The monoisotopic (exact) mass is 403 g/mol. The molecule has 1 fully saturated rings. The largest absolute Gasteiger partial charge is 0.489 e. The third-order valence-corrected chi connectivity index (χ3v) is 5.02. The molecule has 8 heteroatoms. The number of thioether (sulfide) groups is 1. The van der Waals surface area contributed by atoms with Crippen LogP contribution in [-0.2, 0) is 16.2 Å². The summed E-state index contributed by atoms with van der Waals surface area (Å²) in [6, 6.07) is 13.1. The summed E-state index contributed by atoms with van der Waals surface area (Å²) < 4.78 is 18.9. The van der Waals surface area contributed by atoms with Crippen LogP contribution in [0.25, 0.3) is 6.08 Å². The molecule has 1 N–H and O–H groups in total. The number of hydrogen-bond donors (Lipinski definition) is 1. The summed E-state index contributed by atoms with van der Waals surface area (Å²) in [5.41, 5.74) is 1.55. The number of amides is 1. The number of carbonyl (C=O) groups is 2. The van der Waals surface area contributed by atoms with Crippen LogP contribution >= 0.6 is 24.0 Å². The van der Waals surface area contributed by atoms with E-state index in [1.54, 1.807) is 42.5 Å². The van der Waals surface area contributed by atoms with Gasteiger partial charge in [-0.2, -0.15) is 0 Å². The summed E-state index contributed by atoms with van der Waals surface area (Å²) in [5, 5.41) is 8.87. The summed E-state index contributed by atoms with van der Waals surface area (Å²) >= 11 is 6.14. The molecule has 3 rings (SSSR count). The first kappa shape index (κ1) is 19.1. The highest BCUT2D eigenvalue weighted by molar-refractivity contribution is 8.26. The summed E-state index contributed by atoms with van der Waals surface area (Å²) in [5.74, 6) is -1.26. The van der Waals surface area contributed by atoms with E-state index in [1.165, 1.54) is 12.1 Å². The fourth-order valence-electron chi connectivity index (χ4n) is 2.36. The molecule has 1 amide bonds. The summed E-state index contributed by atoms with van der Waals surface area (Å²) in [4.78, 5) is 24.6. The van der Waals surface area contributed by atoms with E-state index in [9.17, 15) is 14.0 Å². The fraction of sp³-hybridized carbons (Fsp3) is 0.105. The first-order valence-electron chi connectivity index (χ1n) is 7.87. The zero-order chi connectivity index (χ0) is 19.4. The Morgan fingerprint density at radius 1 is 1.26 bits per heavy atom. The molecule has 0 unspecified atom stereocenters. The molecule has 1 saturated heterocycles. The Morgan fingerprint density at radius 2 is 2.00 bits per heavy atom. The molecular formula is C19H14FNO4S2. The Kier molecular flexibility index (Phi) is 5.88. The second kappa shape index (κ2) is 8.32. The van der Waals surface area contributed by atoms with Crippen LogP contribution in [0.15, 0.2) is 53.4 Å². The van der Waals surface area contributed by atoms with Crippen molar-refractivity contribution >= 4 is 46.3 Å². The van der Waals surface area contributed by atoms with Gasteiger partial charge >= 0.3 is 5.97 Å². The van der Waals surface area contributed by atoms with Gasteiger partial charge in [0.1, 0.15) is 29.0 Å². The average Bonchev–Trinajstić information content (AvgIpc) is 2.89. The van der Waals surface area contributed by atoms with Gasteiger partial charge in [-0.1, -0.05) is 48.2 Å². The third-order valence-electron chi connectivity index (χ3n) is 3.64. The van der Waals surface area contributed by atoms with Crippen LogP contribution in [-0.4, -0.2) is 32.7 Å². The Bertz CT molecular complexity index is 928. The van der Waals surface area contributed by atoms with E-state index >= 15 is 0 Å². The predicted molar refractivity (Wildman–Crippen MR) is 105 cm³/mol. The number of carboxylic acid groups (broad SMARTS) is 1. The number of aliphatic carboxylic acids is 1. The van der Waals surface area contributed by atoms with Crippen LogP contribution in [0.5, 0.6) is 5.75 Å². The van der Waals surface area contributed by atoms with E-state index in [-0.39, 0.29) is 16.7 Å². The molecule has 0 bridgehead atoms. The van der Waals surface area contributed by atoms with Gasteiger partial charge in [0.25, 0.3) is 5.91 Å². The number of carbonyl (C=O) groups excluding carboxylic acids is 1. The fourth-order valence-corrected chi connectivity index (χ4v) is 3.62. The van der Waals surface area contributed by atoms with Gasteiger partial charge in [-0.3, -0.25) is 14.5 Å². The van der Waals surface area contributed by atoms with E-state index in [0.717, 1.165) is 27.8 Å². The molecule has 0 aromatic heterocycles. The number of thiocarbonyl (C=S) groups is 1. The van der Waals surface area contributed by atoms with Crippen LogP contribution in [0.2, 0.25) is 0 Å². The summed E-state index contributed by atoms with van der Waals surface area (Å²) in [6.45, 7) is -0.173. The first-order valence-corrected chi connectivity index (χ1v) is 9.09. The first-order chi connectivity index (χ1) is 12.9. The van der Waals surface area contributed by atoms with E-state index in [4.69, 9.17) is 22.1 Å². The lowest BCUT2D eigenvalue weighted by atomic mass is 10.2. The predicted octanol–water partition coefficient (Wildman–Crippen LogP) is 3.69. The number of nitrogens with zero attached hydrogens (tertiary/aromatic N) is 1. The Morgan fingerprint density at radius 3 is 2.70 bits per heavy atom. The minimum atomic E-state index is -1.12. The van der Waals surface area contributed by atoms with E-state index in [1.807, 2.05) is 0 Å². The van der Waals surface area contributed by atoms with Crippen LogP contribution in [0.4, 0.5) is 4.39 Å². The Hall–Kier alpha value is -2.71. The van der Waals surface area contributed by atoms with Gasteiger partial charge in [0.05, 0.1) is 4.91 Å². The minimum Gasteiger partial charge on any atom is -0.489 e. The van der Waals surface area contributed by atoms with E-state index < -0.39 is 18.4 Å². The van der Waals surface area contributed by atoms with Gasteiger partial charge in [-0.05, 0) is 41.5 Å². The maximum absolute atomic E-state index is 12.9. The summed E-state index contributed by atoms with van der Waals surface area (Å²) in [7, 11) is 0. The molecule has 138 valence electrons. The van der Waals surface area contributed by atoms with Gasteiger partial charge in [-0.25, -0.2) is 4.39 Å². The normalized spacial score (nSPS) is 15.4. The van der Waals surface area contributed by atoms with Gasteiger partial charge < -0.3 is 9.84 Å². The van der Waals surface area contributed by atoms with Gasteiger partial charge in [0, 0.05) is 0 Å². The van der Waals surface area contributed by atoms with Gasteiger partial charge in [0.2, 0.25) is 0 Å². The standard InChI is InChI=1S/C19H14FNO4S2/c20-14-6-4-12(5-7-14)11-25-15-3-1-2-13(8-15)9-16-18(24)21(10-17(22)23)19(26)27-16/h1-9H,10-11H2,(H,22,23)/b16-9-. The van der Waals surface area contributed by atoms with E-state index in [2.05, 4.69) is 0 Å². The number of halogens is 1. The smallest absolute Gasteiger partial charge is 0.323 e. The van der Waals surface area contributed by atoms with Crippen LogP contribution in [0.3, 0.4) is 0 Å². The third kappa shape index (κ3) is 4.93. The van der Waals surface area contributed by atoms with Crippen LogP contribution in [0.1, 0.15) is 11.1 Å². The Labute approximate surface area is 164 Å². The molecule has 2 aromatic rings. The molecule has 1 heterocycles. The van der Waals surface area contributed by atoms with Crippen molar-refractivity contribution in [1.82, 2.24) is 4.90 Å². The highest BCUT2D eigenvalue weighted by Gasteiger charge is 2.33. The molecule has 5 nitrogen and oxygen atoms in total. The lowest BCUT2D eigenvalue weighted by Crippen LogP contribution is -2.33. The maximum Gasteiger partial charge on any atom is 0.323 e. The number of hydrogen-bond acceptors (Lipinski definition) is 5. The van der Waals surface area contributed by atoms with Gasteiger partial charge in [-0.15, -0.1) is 0 Å². The zero-order valence-electron chi connectivity index (χ0n) is 13.9. The number of benzene rings is 2. The molecule has 0 aliphatic carbocycles. The van der Waals surface area contributed by atoms with Crippen LogP contribution in [0, 0.1) is 5.82 Å². The molecule has 27 heavy (non-hydrogen) atoms. The maximum atomic E-state index is 12.9. The lowest BCUT2D eigenvalue weighted by Gasteiger charge is -2.10. The quantitative estimate of drug-likeness (QED) is 0.586. The number of carboxylic acids is 1. The second-order valence-corrected chi connectivity index (χ2v) is 7.32. The molecule has 2 aromatic carbocycles. The minimum absolute atomic E-state index is 0.220. The van der Waals surface area contributed by atoms with Gasteiger partial charge in [0.15, 0.2) is 0 Å². The molecule has 0 atom stereocenters. The number of rotatable bonds is 6. The lowest BCUT2D eigenvalue weighted by molar-refractivity contribution is -0.140. The molecule has 1 aliphatic rings. The molecule has 0 radical (unpaired) electrons. The molecule has 0 spiro atoms. The van der Waals surface area contributed by atoms with Crippen molar-refractivity contribution in [3.63, 3.8) is 0 Å². The van der Waals surface area contributed by atoms with Crippen molar-refractivity contribution in [3.05, 3.63) is 70.4 Å². The van der Waals surface area contributed by atoms with Crippen molar-refractivity contribution in [2.75, 3.05) is 6.54 Å². The van der Waals surface area contributed by atoms with E-state index in [0.29, 0.717) is 10.7 Å². The summed E-state index contributed by atoms with van der Waals surface area (Å²) in [6.07, 6.45) is 1.64. The molecular weight excluding hydrogens is 389 g/mol. The van der Waals surface area contributed by atoms with Crippen molar-refractivity contribution in [1.29, 1.82) is 0 Å². The average molecular weight is 403 g/mol.